The van der Waals surface area contributed by atoms with Gasteiger partial charge in [-0.1, -0.05) is 32.9 Å². The lowest BCUT2D eigenvalue weighted by molar-refractivity contribution is 0.416. The van der Waals surface area contributed by atoms with Crippen molar-refractivity contribution in [2.24, 2.45) is 0 Å². The summed E-state index contributed by atoms with van der Waals surface area (Å²) in [4.78, 5) is 2.54. The summed E-state index contributed by atoms with van der Waals surface area (Å²) < 4.78 is 0. The minimum Gasteiger partial charge on any atom is -0.371 e. The molecule has 0 unspecified atom stereocenters. The summed E-state index contributed by atoms with van der Waals surface area (Å²) in [5, 5.41) is 3.65. The summed E-state index contributed by atoms with van der Waals surface area (Å²) in [6, 6.07) is 9.79. The van der Waals surface area contributed by atoms with Gasteiger partial charge in [-0.15, -0.1) is 0 Å². The maximum absolute atomic E-state index is 3.65. The fourth-order valence-electron chi connectivity index (χ4n) is 2.77. The Morgan fingerprint density at radius 2 is 2.00 bits per heavy atom. The van der Waals surface area contributed by atoms with Crippen LogP contribution in [-0.2, 0) is 0 Å². The standard InChI is InChI=1S/C17H28N2/c1-4-10-18-16-8-11-19(12-9-16)17-7-5-6-15(13-17)14(2)3/h5-7,13-14,16,18H,4,8-12H2,1-3H3. The van der Waals surface area contributed by atoms with Crippen LogP contribution in [0, 0.1) is 0 Å². The van der Waals surface area contributed by atoms with E-state index in [9.17, 15) is 0 Å². The minimum absolute atomic E-state index is 0.615. The molecular weight excluding hydrogens is 232 g/mol. The molecule has 0 saturated carbocycles. The van der Waals surface area contributed by atoms with Crippen LogP contribution in [0.15, 0.2) is 24.3 Å². The van der Waals surface area contributed by atoms with Gasteiger partial charge in [0, 0.05) is 24.8 Å². The number of benzene rings is 1. The van der Waals surface area contributed by atoms with Crippen LogP contribution in [0.1, 0.15) is 51.5 Å². The Hall–Kier alpha value is -1.02. The van der Waals surface area contributed by atoms with E-state index in [0.717, 1.165) is 12.6 Å². The molecule has 1 N–H and O–H groups in total. The Morgan fingerprint density at radius 3 is 2.63 bits per heavy atom. The molecule has 0 spiro atoms. The smallest absolute Gasteiger partial charge is 0.0369 e. The highest BCUT2D eigenvalue weighted by atomic mass is 15.1. The fraction of sp³-hybridized carbons (Fsp3) is 0.647. The average Bonchev–Trinajstić information content (AvgIpc) is 2.46. The van der Waals surface area contributed by atoms with Gasteiger partial charge in [0.2, 0.25) is 0 Å². The zero-order valence-corrected chi connectivity index (χ0v) is 12.7. The average molecular weight is 260 g/mol. The molecule has 0 atom stereocenters. The Labute approximate surface area is 118 Å². The van der Waals surface area contributed by atoms with Gasteiger partial charge in [0.25, 0.3) is 0 Å². The number of hydrogen-bond donors (Lipinski definition) is 1. The second kappa shape index (κ2) is 6.95. The molecule has 19 heavy (non-hydrogen) atoms. The summed E-state index contributed by atoms with van der Waals surface area (Å²) in [5.74, 6) is 0.615. The Kier molecular flexibility index (Phi) is 5.26. The number of rotatable bonds is 5. The van der Waals surface area contributed by atoms with Gasteiger partial charge in [-0.05, 0) is 49.4 Å². The zero-order chi connectivity index (χ0) is 13.7. The monoisotopic (exact) mass is 260 g/mol. The van der Waals surface area contributed by atoms with E-state index in [2.05, 4.69) is 55.3 Å². The zero-order valence-electron chi connectivity index (χ0n) is 12.7. The first-order valence-electron chi connectivity index (χ1n) is 7.79. The lowest BCUT2D eigenvalue weighted by Gasteiger charge is -2.34. The maximum atomic E-state index is 3.65. The highest BCUT2D eigenvalue weighted by Crippen LogP contribution is 2.24. The fourth-order valence-corrected chi connectivity index (χ4v) is 2.77. The number of hydrogen-bond acceptors (Lipinski definition) is 2. The number of piperidine rings is 1. The first kappa shape index (κ1) is 14.4. The SMILES string of the molecule is CCCNC1CCN(c2cccc(C(C)C)c2)CC1. The van der Waals surface area contributed by atoms with Crippen molar-refractivity contribution in [2.75, 3.05) is 24.5 Å². The second-order valence-corrected chi connectivity index (χ2v) is 5.97. The van der Waals surface area contributed by atoms with Gasteiger partial charge in [0.05, 0.1) is 0 Å². The number of nitrogens with one attached hydrogen (secondary N) is 1. The van der Waals surface area contributed by atoms with Gasteiger partial charge in [0.15, 0.2) is 0 Å². The molecule has 0 radical (unpaired) electrons. The lowest BCUT2D eigenvalue weighted by Crippen LogP contribution is -2.42. The van der Waals surface area contributed by atoms with E-state index in [1.165, 1.54) is 43.6 Å². The molecule has 0 bridgehead atoms. The molecule has 2 nitrogen and oxygen atoms in total. The minimum atomic E-state index is 0.615. The highest BCUT2D eigenvalue weighted by molar-refractivity contribution is 5.49. The Balaban J connectivity index is 1.92. The van der Waals surface area contributed by atoms with Crippen LogP contribution in [-0.4, -0.2) is 25.7 Å². The van der Waals surface area contributed by atoms with Crippen molar-refractivity contribution in [1.82, 2.24) is 5.32 Å². The maximum Gasteiger partial charge on any atom is 0.0369 e. The van der Waals surface area contributed by atoms with Gasteiger partial charge in [0.1, 0.15) is 0 Å². The summed E-state index contributed by atoms with van der Waals surface area (Å²) in [6.07, 6.45) is 3.77. The van der Waals surface area contributed by atoms with Gasteiger partial charge in [-0.25, -0.2) is 0 Å². The summed E-state index contributed by atoms with van der Waals surface area (Å²) in [6.45, 7) is 10.3. The largest absolute Gasteiger partial charge is 0.371 e. The summed E-state index contributed by atoms with van der Waals surface area (Å²) in [5.41, 5.74) is 2.85. The molecule has 1 aromatic carbocycles. The van der Waals surface area contributed by atoms with Crippen LogP contribution in [0.2, 0.25) is 0 Å². The predicted molar refractivity (Wildman–Crippen MR) is 84.1 cm³/mol. The lowest BCUT2D eigenvalue weighted by atomic mass is 10.0. The Morgan fingerprint density at radius 1 is 1.26 bits per heavy atom. The second-order valence-electron chi connectivity index (χ2n) is 5.97. The molecule has 1 heterocycles. The molecule has 0 aromatic heterocycles. The first-order chi connectivity index (χ1) is 9.20. The van der Waals surface area contributed by atoms with Crippen LogP contribution in [0.4, 0.5) is 5.69 Å². The van der Waals surface area contributed by atoms with Gasteiger partial charge >= 0.3 is 0 Å². The normalized spacial score (nSPS) is 17.2. The van der Waals surface area contributed by atoms with Crippen LogP contribution in [0.3, 0.4) is 0 Å². The summed E-state index contributed by atoms with van der Waals surface area (Å²) in [7, 11) is 0. The van der Waals surface area contributed by atoms with Crippen molar-refractivity contribution in [3.05, 3.63) is 29.8 Å². The van der Waals surface area contributed by atoms with Crippen LogP contribution < -0.4 is 10.2 Å². The van der Waals surface area contributed by atoms with E-state index < -0.39 is 0 Å². The van der Waals surface area contributed by atoms with E-state index >= 15 is 0 Å². The van der Waals surface area contributed by atoms with Crippen molar-refractivity contribution in [3.63, 3.8) is 0 Å². The highest BCUT2D eigenvalue weighted by Gasteiger charge is 2.18. The third-order valence-electron chi connectivity index (χ3n) is 4.08. The van der Waals surface area contributed by atoms with Gasteiger partial charge in [-0.2, -0.15) is 0 Å². The third kappa shape index (κ3) is 3.97. The van der Waals surface area contributed by atoms with E-state index in [1.54, 1.807) is 0 Å². The molecule has 1 fully saturated rings. The van der Waals surface area contributed by atoms with E-state index in [1.807, 2.05) is 0 Å². The van der Waals surface area contributed by atoms with Crippen molar-refractivity contribution >= 4 is 5.69 Å². The van der Waals surface area contributed by atoms with Crippen molar-refractivity contribution in [2.45, 2.75) is 52.0 Å². The van der Waals surface area contributed by atoms with Gasteiger partial charge < -0.3 is 10.2 Å². The van der Waals surface area contributed by atoms with Crippen molar-refractivity contribution < 1.29 is 0 Å². The summed E-state index contributed by atoms with van der Waals surface area (Å²) >= 11 is 0. The number of anilines is 1. The molecule has 0 amide bonds. The van der Waals surface area contributed by atoms with Crippen LogP contribution in [0.25, 0.3) is 0 Å². The van der Waals surface area contributed by atoms with Crippen LogP contribution >= 0.6 is 0 Å². The number of nitrogens with zero attached hydrogens (tertiary/aromatic N) is 1. The van der Waals surface area contributed by atoms with Crippen molar-refractivity contribution in [3.8, 4) is 0 Å². The molecule has 1 aromatic rings. The third-order valence-corrected chi connectivity index (χ3v) is 4.08. The molecule has 2 rings (SSSR count). The van der Waals surface area contributed by atoms with Crippen LogP contribution in [0.5, 0.6) is 0 Å². The van der Waals surface area contributed by atoms with E-state index in [4.69, 9.17) is 0 Å². The Bertz CT molecular complexity index is 379. The molecular formula is C17H28N2. The molecule has 2 heteroatoms. The molecule has 1 aliphatic rings. The van der Waals surface area contributed by atoms with E-state index in [0.29, 0.717) is 5.92 Å². The predicted octanol–water partition coefficient (Wildman–Crippen LogP) is 3.78. The van der Waals surface area contributed by atoms with Gasteiger partial charge in [-0.3, -0.25) is 0 Å². The van der Waals surface area contributed by atoms with Crippen molar-refractivity contribution in [1.29, 1.82) is 0 Å². The topological polar surface area (TPSA) is 15.3 Å². The molecule has 1 aliphatic heterocycles. The van der Waals surface area contributed by atoms with E-state index in [-0.39, 0.29) is 0 Å². The first-order valence-corrected chi connectivity index (χ1v) is 7.79. The molecule has 1 saturated heterocycles. The molecule has 106 valence electrons. The quantitative estimate of drug-likeness (QED) is 0.867. The molecule has 0 aliphatic carbocycles.